The van der Waals surface area contributed by atoms with Crippen molar-refractivity contribution in [3.63, 3.8) is 0 Å². The lowest BCUT2D eigenvalue weighted by molar-refractivity contribution is 0.0854. The van der Waals surface area contributed by atoms with E-state index >= 15 is 0 Å². The maximum absolute atomic E-state index is 12.6. The number of benzene rings is 1. The number of anilines is 1. The van der Waals surface area contributed by atoms with Crippen molar-refractivity contribution in [2.24, 2.45) is 10.2 Å². The van der Waals surface area contributed by atoms with E-state index in [-0.39, 0.29) is 67.9 Å². The number of aliphatic hydroxyl groups excluding tert-OH is 2. The Morgan fingerprint density at radius 3 is 2.36 bits per heavy atom. The molecule has 0 fully saturated rings. The molecule has 182 valence electrons. The SMILES string of the molecule is CCN(CCO)S(=O)(=O)c1ccc(/N=N/c2c(C)c(N)c(=O)n(CCOCCO)c2O)cc1. The van der Waals surface area contributed by atoms with Crippen molar-refractivity contribution in [1.29, 1.82) is 0 Å². The smallest absolute Gasteiger partial charge is 0.276 e. The Balaban J connectivity index is 2.32. The third kappa shape index (κ3) is 6.15. The quantitative estimate of drug-likeness (QED) is 0.253. The minimum Gasteiger partial charge on any atom is -0.493 e. The highest BCUT2D eigenvalue weighted by atomic mass is 32.2. The minimum atomic E-state index is -3.76. The zero-order valence-electron chi connectivity index (χ0n) is 18.5. The second-order valence-corrected chi connectivity index (χ2v) is 8.86. The van der Waals surface area contributed by atoms with Crippen molar-refractivity contribution >= 4 is 27.1 Å². The van der Waals surface area contributed by atoms with E-state index in [2.05, 4.69) is 10.2 Å². The summed E-state index contributed by atoms with van der Waals surface area (Å²) in [4.78, 5) is 12.4. The summed E-state index contributed by atoms with van der Waals surface area (Å²) in [5, 5.41) is 36.4. The fourth-order valence-corrected chi connectivity index (χ4v) is 4.42. The number of nitrogens with two attached hydrogens (primary N) is 1. The van der Waals surface area contributed by atoms with E-state index in [0.717, 1.165) is 8.87 Å². The first kappa shape index (κ1) is 26.4. The molecule has 1 heterocycles. The van der Waals surface area contributed by atoms with Gasteiger partial charge in [0.1, 0.15) is 5.69 Å². The van der Waals surface area contributed by atoms with Gasteiger partial charge in [0.15, 0.2) is 5.69 Å². The zero-order valence-corrected chi connectivity index (χ0v) is 19.3. The van der Waals surface area contributed by atoms with Gasteiger partial charge in [-0.1, -0.05) is 6.92 Å². The first-order chi connectivity index (χ1) is 15.7. The van der Waals surface area contributed by atoms with Crippen molar-refractivity contribution < 1.29 is 28.5 Å². The van der Waals surface area contributed by atoms with Crippen molar-refractivity contribution in [3.05, 3.63) is 40.2 Å². The lowest BCUT2D eigenvalue weighted by atomic mass is 10.2. The third-order valence-electron chi connectivity index (χ3n) is 4.84. The molecule has 2 rings (SSSR count). The Morgan fingerprint density at radius 2 is 1.79 bits per heavy atom. The topological polar surface area (TPSA) is 180 Å². The molecule has 0 aliphatic rings. The third-order valence-corrected chi connectivity index (χ3v) is 6.83. The molecule has 0 aliphatic carbocycles. The van der Waals surface area contributed by atoms with Crippen LogP contribution in [0.2, 0.25) is 0 Å². The molecule has 0 amide bonds. The molecule has 5 N–H and O–H groups in total. The first-order valence-corrected chi connectivity index (χ1v) is 11.7. The van der Waals surface area contributed by atoms with Crippen LogP contribution in [0.3, 0.4) is 0 Å². The van der Waals surface area contributed by atoms with E-state index in [9.17, 15) is 18.3 Å². The average Bonchev–Trinajstić information content (AvgIpc) is 2.80. The van der Waals surface area contributed by atoms with E-state index in [1.54, 1.807) is 6.92 Å². The summed E-state index contributed by atoms with van der Waals surface area (Å²) in [6.45, 7) is 3.08. The Labute approximate surface area is 191 Å². The number of sulfonamides is 1. The molecule has 0 atom stereocenters. The molecular formula is C20H29N5O7S. The number of hydrogen-bond acceptors (Lipinski definition) is 10. The molecule has 1 aromatic heterocycles. The molecule has 2 aromatic rings. The van der Waals surface area contributed by atoms with Gasteiger partial charge in [-0.3, -0.25) is 9.36 Å². The van der Waals surface area contributed by atoms with E-state index in [1.807, 2.05) is 0 Å². The Kier molecular flexibility index (Phi) is 9.49. The van der Waals surface area contributed by atoms with Gasteiger partial charge in [0.2, 0.25) is 15.9 Å². The van der Waals surface area contributed by atoms with Crippen LogP contribution in [0.4, 0.5) is 17.1 Å². The van der Waals surface area contributed by atoms with E-state index in [1.165, 1.54) is 31.2 Å². The number of pyridine rings is 1. The Morgan fingerprint density at radius 1 is 1.12 bits per heavy atom. The molecule has 12 nitrogen and oxygen atoms in total. The molecule has 0 spiro atoms. The van der Waals surface area contributed by atoms with E-state index in [4.69, 9.17) is 20.7 Å². The summed E-state index contributed by atoms with van der Waals surface area (Å²) in [7, 11) is -3.76. The number of aliphatic hydroxyl groups is 2. The highest BCUT2D eigenvalue weighted by molar-refractivity contribution is 7.89. The second-order valence-electron chi connectivity index (χ2n) is 6.92. The molecule has 33 heavy (non-hydrogen) atoms. The Bertz CT molecular complexity index is 1130. The molecular weight excluding hydrogens is 454 g/mol. The summed E-state index contributed by atoms with van der Waals surface area (Å²) < 4.78 is 32.5. The monoisotopic (exact) mass is 483 g/mol. The highest BCUT2D eigenvalue weighted by Crippen LogP contribution is 2.33. The zero-order chi connectivity index (χ0) is 24.6. The van der Waals surface area contributed by atoms with E-state index < -0.39 is 21.5 Å². The fraction of sp³-hybridized carbons (Fsp3) is 0.450. The van der Waals surface area contributed by atoms with Gasteiger partial charge < -0.3 is 25.8 Å². The summed E-state index contributed by atoms with van der Waals surface area (Å²) in [6.07, 6.45) is 0. The van der Waals surface area contributed by atoms with Crippen LogP contribution in [0, 0.1) is 6.92 Å². The highest BCUT2D eigenvalue weighted by Gasteiger charge is 2.22. The number of ether oxygens (including phenoxy) is 1. The average molecular weight is 484 g/mol. The van der Waals surface area contributed by atoms with Crippen LogP contribution >= 0.6 is 0 Å². The van der Waals surface area contributed by atoms with Gasteiger partial charge in [-0.2, -0.15) is 9.42 Å². The number of nitrogen functional groups attached to an aromatic ring is 1. The van der Waals surface area contributed by atoms with Crippen LogP contribution < -0.4 is 11.3 Å². The van der Waals surface area contributed by atoms with Gasteiger partial charge in [0.25, 0.3) is 5.56 Å². The Hall–Kier alpha value is -2.84. The van der Waals surface area contributed by atoms with Gasteiger partial charge >= 0.3 is 0 Å². The standard InChI is InChI=1S/C20H29N5O7S/c1-3-24(8-10-26)33(30,31)16-6-4-15(5-7-16)22-23-18-14(2)17(21)19(28)25(20(18)29)9-12-32-13-11-27/h4-7,26-27,29H,3,8-13,21H2,1-2H3/b23-22+. The lowest BCUT2D eigenvalue weighted by Crippen LogP contribution is -2.33. The summed E-state index contributed by atoms with van der Waals surface area (Å²) in [6, 6.07) is 5.61. The molecule has 0 bridgehead atoms. The van der Waals surface area contributed by atoms with Crippen molar-refractivity contribution in [1.82, 2.24) is 8.87 Å². The first-order valence-electron chi connectivity index (χ1n) is 10.2. The van der Waals surface area contributed by atoms with Crippen LogP contribution in [0.25, 0.3) is 0 Å². The van der Waals surface area contributed by atoms with Crippen LogP contribution in [0.15, 0.2) is 44.2 Å². The van der Waals surface area contributed by atoms with Crippen molar-refractivity contribution in [2.75, 3.05) is 45.3 Å². The number of aromatic nitrogens is 1. The van der Waals surface area contributed by atoms with Gasteiger partial charge in [-0.05, 0) is 31.2 Å². The lowest BCUT2D eigenvalue weighted by Gasteiger charge is -2.19. The van der Waals surface area contributed by atoms with Crippen LogP contribution in [-0.2, 0) is 21.3 Å². The van der Waals surface area contributed by atoms with Crippen LogP contribution in [-0.4, -0.2) is 72.1 Å². The maximum atomic E-state index is 12.6. The van der Waals surface area contributed by atoms with Gasteiger partial charge in [-0.15, -0.1) is 5.11 Å². The van der Waals surface area contributed by atoms with Crippen molar-refractivity contribution in [3.8, 4) is 5.88 Å². The predicted molar refractivity (Wildman–Crippen MR) is 122 cm³/mol. The molecule has 0 aliphatic heterocycles. The summed E-state index contributed by atoms with van der Waals surface area (Å²) in [5.74, 6) is -0.440. The molecule has 0 unspecified atom stereocenters. The normalized spacial score (nSPS) is 12.2. The predicted octanol–water partition coefficient (Wildman–Crippen LogP) is 0.872. The largest absolute Gasteiger partial charge is 0.493 e. The van der Waals surface area contributed by atoms with Crippen LogP contribution in [0.1, 0.15) is 12.5 Å². The number of nitrogens with zero attached hydrogens (tertiary/aromatic N) is 4. The molecule has 1 aromatic carbocycles. The minimum absolute atomic E-state index is 0.00794. The summed E-state index contributed by atoms with van der Waals surface area (Å²) >= 11 is 0. The van der Waals surface area contributed by atoms with Gasteiger partial charge in [0, 0.05) is 18.7 Å². The van der Waals surface area contributed by atoms with Crippen molar-refractivity contribution in [2.45, 2.75) is 25.3 Å². The number of hydrogen-bond donors (Lipinski definition) is 4. The molecule has 13 heteroatoms. The van der Waals surface area contributed by atoms with Gasteiger partial charge in [0.05, 0.1) is 43.6 Å². The number of likely N-dealkylation sites (N-methyl/N-ethyl adjacent to an activating group) is 1. The summed E-state index contributed by atoms with van der Waals surface area (Å²) in [5.41, 5.74) is 5.71. The molecule has 0 saturated heterocycles. The second kappa shape index (κ2) is 11.9. The molecule has 0 saturated carbocycles. The van der Waals surface area contributed by atoms with Gasteiger partial charge in [-0.25, -0.2) is 8.42 Å². The number of rotatable bonds is 12. The van der Waals surface area contributed by atoms with Crippen LogP contribution in [0.5, 0.6) is 5.88 Å². The number of azo groups is 1. The fourth-order valence-electron chi connectivity index (χ4n) is 2.98. The van der Waals surface area contributed by atoms with E-state index in [0.29, 0.717) is 5.69 Å². The maximum Gasteiger partial charge on any atom is 0.276 e. The number of aromatic hydroxyl groups is 1. The molecule has 0 radical (unpaired) electrons.